The number of carbonyl (C=O) groups excluding carboxylic acids is 2. The molecule has 2 rings (SSSR count). The van der Waals surface area contributed by atoms with Crippen molar-refractivity contribution in [1.29, 1.82) is 0 Å². The van der Waals surface area contributed by atoms with Crippen molar-refractivity contribution >= 4 is 23.5 Å². The molecule has 0 N–H and O–H groups in total. The number of Topliss-reactive ketones (excluding diaryl/α,β-unsaturated/α-hetero) is 1. The lowest BCUT2D eigenvalue weighted by Crippen LogP contribution is -2.33. The number of ether oxygens (including phenoxy) is 1. The van der Waals surface area contributed by atoms with Gasteiger partial charge in [0.15, 0.2) is 5.78 Å². The molecule has 94 valence electrons. The Labute approximate surface area is 110 Å². The van der Waals surface area contributed by atoms with Crippen molar-refractivity contribution in [2.45, 2.75) is 0 Å². The first-order valence-electron chi connectivity index (χ1n) is 5.45. The first kappa shape index (κ1) is 12.7. The van der Waals surface area contributed by atoms with Crippen molar-refractivity contribution < 1.29 is 14.3 Å². The van der Waals surface area contributed by atoms with E-state index in [1.165, 1.54) is 16.7 Å². The van der Waals surface area contributed by atoms with E-state index in [1.807, 2.05) is 5.41 Å². The second-order valence-electron chi connectivity index (χ2n) is 3.77. The molecule has 0 aliphatic carbocycles. The van der Waals surface area contributed by atoms with Crippen molar-refractivity contribution in [1.82, 2.24) is 4.90 Å². The molecule has 1 aliphatic rings. The fourth-order valence-electron chi connectivity index (χ4n) is 1.59. The van der Waals surface area contributed by atoms with E-state index in [2.05, 4.69) is 0 Å². The standard InChI is InChI=1S/C13H13NO3S/c1-17-11-4-2-3-10(7-11)12(15)8-14-5-6-18-9-13(14)16/h2-7H,8-9H2,1H3. The second-order valence-corrected chi connectivity index (χ2v) is 4.67. The number of thioether (sulfide) groups is 1. The van der Waals surface area contributed by atoms with E-state index in [1.54, 1.807) is 37.6 Å². The van der Waals surface area contributed by atoms with Crippen molar-refractivity contribution in [3.05, 3.63) is 41.4 Å². The Morgan fingerprint density at radius 2 is 2.33 bits per heavy atom. The van der Waals surface area contributed by atoms with Crippen LogP contribution in [0.2, 0.25) is 0 Å². The summed E-state index contributed by atoms with van der Waals surface area (Å²) in [6.45, 7) is 0.0725. The Balaban J connectivity index is 2.09. The summed E-state index contributed by atoms with van der Waals surface area (Å²) in [6, 6.07) is 6.93. The highest BCUT2D eigenvalue weighted by molar-refractivity contribution is 8.02. The zero-order chi connectivity index (χ0) is 13.0. The van der Waals surface area contributed by atoms with Gasteiger partial charge in [-0.05, 0) is 17.5 Å². The molecule has 0 radical (unpaired) electrons. The number of benzene rings is 1. The lowest BCUT2D eigenvalue weighted by molar-refractivity contribution is -0.125. The molecule has 0 aromatic heterocycles. The summed E-state index contributed by atoms with van der Waals surface area (Å²) in [6.07, 6.45) is 1.65. The predicted octanol–water partition coefficient (Wildman–Crippen LogP) is 1.92. The maximum Gasteiger partial charge on any atom is 0.237 e. The molecule has 0 saturated heterocycles. The Hall–Kier alpha value is -1.75. The molecule has 18 heavy (non-hydrogen) atoms. The average molecular weight is 263 g/mol. The van der Waals surface area contributed by atoms with Crippen LogP contribution >= 0.6 is 11.8 Å². The number of nitrogens with zero attached hydrogens (tertiary/aromatic N) is 1. The number of amides is 1. The Kier molecular flexibility index (Phi) is 4.04. The molecule has 4 nitrogen and oxygen atoms in total. The smallest absolute Gasteiger partial charge is 0.237 e. The lowest BCUT2D eigenvalue weighted by atomic mass is 10.1. The summed E-state index contributed by atoms with van der Waals surface area (Å²) < 4.78 is 5.07. The summed E-state index contributed by atoms with van der Waals surface area (Å²) >= 11 is 1.43. The summed E-state index contributed by atoms with van der Waals surface area (Å²) in [4.78, 5) is 25.0. The van der Waals surface area contributed by atoms with Gasteiger partial charge in [0.25, 0.3) is 0 Å². The Morgan fingerprint density at radius 3 is 3.06 bits per heavy atom. The zero-order valence-electron chi connectivity index (χ0n) is 9.96. The van der Waals surface area contributed by atoms with Gasteiger partial charge in [0.1, 0.15) is 5.75 Å². The topological polar surface area (TPSA) is 46.6 Å². The third kappa shape index (κ3) is 2.92. The minimum atomic E-state index is -0.0983. The average Bonchev–Trinajstić information content (AvgIpc) is 2.41. The van der Waals surface area contributed by atoms with Crippen LogP contribution in [0.15, 0.2) is 35.9 Å². The maximum atomic E-state index is 12.0. The van der Waals surface area contributed by atoms with Gasteiger partial charge in [-0.2, -0.15) is 0 Å². The molecule has 1 amide bonds. The molecule has 1 aromatic carbocycles. The normalized spacial score (nSPS) is 14.7. The van der Waals surface area contributed by atoms with Gasteiger partial charge in [-0.15, -0.1) is 11.8 Å². The summed E-state index contributed by atoms with van der Waals surface area (Å²) in [5, 5.41) is 1.82. The van der Waals surface area contributed by atoms with Gasteiger partial charge in [0.2, 0.25) is 5.91 Å². The first-order valence-corrected chi connectivity index (χ1v) is 6.50. The molecular formula is C13H13NO3S. The van der Waals surface area contributed by atoms with Crippen LogP contribution in [-0.4, -0.2) is 36.0 Å². The third-order valence-corrected chi connectivity index (χ3v) is 3.30. The van der Waals surface area contributed by atoms with Crippen LogP contribution in [0.25, 0.3) is 0 Å². The highest BCUT2D eigenvalue weighted by Crippen LogP contribution is 2.16. The molecule has 1 aliphatic heterocycles. The van der Waals surface area contributed by atoms with E-state index < -0.39 is 0 Å². The largest absolute Gasteiger partial charge is 0.497 e. The fraction of sp³-hybridized carbons (Fsp3) is 0.231. The molecule has 1 aromatic rings. The van der Waals surface area contributed by atoms with Gasteiger partial charge in [-0.3, -0.25) is 9.59 Å². The number of carbonyl (C=O) groups is 2. The number of ketones is 1. The molecule has 0 unspecified atom stereocenters. The van der Waals surface area contributed by atoms with Crippen LogP contribution < -0.4 is 4.74 Å². The van der Waals surface area contributed by atoms with E-state index in [0.29, 0.717) is 17.1 Å². The van der Waals surface area contributed by atoms with Gasteiger partial charge < -0.3 is 9.64 Å². The van der Waals surface area contributed by atoms with E-state index >= 15 is 0 Å². The molecular weight excluding hydrogens is 250 g/mol. The molecule has 0 spiro atoms. The summed E-state index contributed by atoms with van der Waals surface area (Å²) in [5.74, 6) is 0.886. The maximum absolute atomic E-state index is 12.0. The number of hydrogen-bond acceptors (Lipinski definition) is 4. The molecule has 1 heterocycles. The third-order valence-electron chi connectivity index (χ3n) is 2.57. The van der Waals surface area contributed by atoms with E-state index in [9.17, 15) is 9.59 Å². The van der Waals surface area contributed by atoms with Gasteiger partial charge >= 0.3 is 0 Å². The van der Waals surface area contributed by atoms with Gasteiger partial charge in [-0.25, -0.2) is 0 Å². The van der Waals surface area contributed by atoms with Gasteiger partial charge in [0.05, 0.1) is 19.4 Å². The van der Waals surface area contributed by atoms with Crippen molar-refractivity contribution in [2.24, 2.45) is 0 Å². The minimum Gasteiger partial charge on any atom is -0.497 e. The minimum absolute atomic E-state index is 0.0428. The zero-order valence-corrected chi connectivity index (χ0v) is 10.8. The first-order chi connectivity index (χ1) is 8.70. The Morgan fingerprint density at radius 1 is 1.50 bits per heavy atom. The molecule has 0 saturated carbocycles. The number of methoxy groups -OCH3 is 1. The van der Waals surface area contributed by atoms with Gasteiger partial charge in [0, 0.05) is 11.8 Å². The Bertz CT molecular complexity index is 499. The van der Waals surface area contributed by atoms with Crippen LogP contribution in [0, 0.1) is 0 Å². The van der Waals surface area contributed by atoms with E-state index in [-0.39, 0.29) is 18.2 Å². The lowest BCUT2D eigenvalue weighted by Gasteiger charge is -2.20. The van der Waals surface area contributed by atoms with Crippen LogP contribution in [-0.2, 0) is 4.79 Å². The van der Waals surface area contributed by atoms with E-state index in [0.717, 1.165) is 0 Å². The van der Waals surface area contributed by atoms with Crippen LogP contribution in [0.1, 0.15) is 10.4 Å². The van der Waals surface area contributed by atoms with Crippen molar-refractivity contribution in [3.63, 3.8) is 0 Å². The van der Waals surface area contributed by atoms with Crippen molar-refractivity contribution in [2.75, 3.05) is 19.4 Å². The SMILES string of the molecule is COc1cccc(C(=O)CN2C=CSCC2=O)c1. The number of hydrogen-bond donors (Lipinski definition) is 0. The molecule has 0 fully saturated rings. The highest BCUT2D eigenvalue weighted by Gasteiger charge is 2.18. The van der Waals surface area contributed by atoms with E-state index in [4.69, 9.17) is 4.74 Å². The molecule has 5 heteroatoms. The fourth-order valence-corrected chi connectivity index (χ4v) is 2.22. The quantitative estimate of drug-likeness (QED) is 0.779. The summed E-state index contributed by atoms with van der Waals surface area (Å²) in [5.41, 5.74) is 0.550. The monoisotopic (exact) mass is 263 g/mol. The van der Waals surface area contributed by atoms with Gasteiger partial charge in [-0.1, -0.05) is 12.1 Å². The highest BCUT2D eigenvalue weighted by atomic mass is 32.2. The van der Waals surface area contributed by atoms with Crippen LogP contribution in [0.4, 0.5) is 0 Å². The van der Waals surface area contributed by atoms with Crippen LogP contribution in [0.5, 0.6) is 5.75 Å². The second kappa shape index (κ2) is 5.73. The molecule has 0 bridgehead atoms. The number of rotatable bonds is 4. The van der Waals surface area contributed by atoms with Crippen LogP contribution in [0.3, 0.4) is 0 Å². The molecule has 0 atom stereocenters. The summed E-state index contributed by atoms with van der Waals surface area (Å²) in [7, 11) is 1.55. The van der Waals surface area contributed by atoms with Crippen molar-refractivity contribution in [3.8, 4) is 5.75 Å². The predicted molar refractivity (Wildman–Crippen MR) is 70.6 cm³/mol.